The SMILES string of the molecule is O=Cc1nc(OC(F)(F)F)cc(I)c1C(F)(F)F. The molecule has 0 fully saturated rings. The largest absolute Gasteiger partial charge is 0.574 e. The van der Waals surface area contributed by atoms with Gasteiger partial charge in [0.2, 0.25) is 5.88 Å². The van der Waals surface area contributed by atoms with Gasteiger partial charge in [-0.1, -0.05) is 0 Å². The summed E-state index contributed by atoms with van der Waals surface area (Å²) >= 11 is 1.15. The van der Waals surface area contributed by atoms with Gasteiger partial charge in [-0.15, -0.1) is 13.2 Å². The predicted molar refractivity (Wildman–Crippen MR) is 54.0 cm³/mol. The van der Waals surface area contributed by atoms with Crippen LogP contribution in [0.5, 0.6) is 5.88 Å². The number of nitrogens with zero attached hydrogens (tertiary/aromatic N) is 1. The van der Waals surface area contributed by atoms with E-state index in [4.69, 9.17) is 0 Å². The molecule has 3 nitrogen and oxygen atoms in total. The molecule has 0 aromatic carbocycles. The molecular formula is C8H2F6INO2. The number of rotatable bonds is 2. The molecule has 0 aliphatic rings. The summed E-state index contributed by atoms with van der Waals surface area (Å²) in [5.74, 6) is -1.12. The lowest BCUT2D eigenvalue weighted by molar-refractivity contribution is -0.276. The Kier molecular flexibility index (Phi) is 4.08. The van der Waals surface area contributed by atoms with E-state index in [1.807, 2.05) is 0 Å². The highest BCUT2D eigenvalue weighted by atomic mass is 127. The molecular weight excluding hydrogens is 383 g/mol. The molecule has 1 heterocycles. The summed E-state index contributed by atoms with van der Waals surface area (Å²) in [5, 5.41) is 0. The third-order valence-corrected chi connectivity index (χ3v) is 2.44. The molecule has 0 saturated heterocycles. The molecule has 10 heteroatoms. The number of hydrogen-bond donors (Lipinski definition) is 0. The summed E-state index contributed by atoms with van der Waals surface area (Å²) in [6, 6.07) is 0.448. The maximum Gasteiger partial charge on any atom is 0.574 e. The third-order valence-electron chi connectivity index (χ3n) is 1.59. The minimum Gasteiger partial charge on any atom is -0.388 e. The van der Waals surface area contributed by atoms with Crippen molar-refractivity contribution < 1.29 is 35.9 Å². The molecule has 0 saturated carbocycles. The molecule has 0 N–H and O–H groups in total. The van der Waals surface area contributed by atoms with Crippen LogP contribution < -0.4 is 4.74 Å². The Morgan fingerprint density at radius 2 is 1.78 bits per heavy atom. The van der Waals surface area contributed by atoms with Crippen molar-refractivity contribution in [3.63, 3.8) is 0 Å². The first-order chi connectivity index (χ1) is 8.04. The molecule has 0 bridgehead atoms. The molecule has 0 aliphatic carbocycles. The summed E-state index contributed by atoms with van der Waals surface area (Å²) in [6.07, 6.45) is -10.3. The molecule has 0 spiro atoms. The van der Waals surface area contributed by atoms with Gasteiger partial charge in [-0.05, 0) is 22.6 Å². The zero-order valence-corrected chi connectivity index (χ0v) is 10.2. The van der Waals surface area contributed by atoms with Gasteiger partial charge in [-0.2, -0.15) is 13.2 Å². The molecule has 1 aromatic rings. The molecule has 1 aromatic heterocycles. The topological polar surface area (TPSA) is 39.2 Å². The van der Waals surface area contributed by atoms with Gasteiger partial charge in [-0.25, -0.2) is 4.98 Å². The van der Waals surface area contributed by atoms with Crippen molar-refractivity contribution in [1.82, 2.24) is 4.98 Å². The van der Waals surface area contributed by atoms with Gasteiger partial charge in [0.1, 0.15) is 5.69 Å². The normalized spacial score (nSPS) is 12.4. The average Bonchev–Trinajstić information content (AvgIpc) is 2.11. The predicted octanol–water partition coefficient (Wildman–Crippen LogP) is 3.42. The number of carbonyl (C=O) groups excluding carboxylic acids is 1. The van der Waals surface area contributed by atoms with E-state index < -0.39 is 33.2 Å². The first-order valence-electron chi connectivity index (χ1n) is 4.03. The van der Waals surface area contributed by atoms with Gasteiger partial charge in [-0.3, -0.25) is 4.79 Å². The molecule has 0 unspecified atom stereocenters. The highest BCUT2D eigenvalue weighted by Gasteiger charge is 2.38. The first kappa shape index (κ1) is 15.0. The van der Waals surface area contributed by atoms with E-state index >= 15 is 0 Å². The molecule has 100 valence electrons. The lowest BCUT2D eigenvalue weighted by Crippen LogP contribution is -2.20. The Bertz CT molecular complexity index is 470. The zero-order valence-electron chi connectivity index (χ0n) is 8.06. The van der Waals surface area contributed by atoms with Gasteiger partial charge in [0, 0.05) is 9.64 Å². The molecule has 18 heavy (non-hydrogen) atoms. The standard InChI is InChI=1S/C8H2F6INO2/c9-7(10,11)6-3(15)1-5(16-4(6)2-17)18-8(12,13)14/h1-2H. The van der Waals surface area contributed by atoms with Gasteiger partial charge in [0.05, 0.1) is 5.56 Å². The number of aldehydes is 1. The fourth-order valence-corrected chi connectivity index (χ4v) is 1.90. The van der Waals surface area contributed by atoms with Gasteiger partial charge >= 0.3 is 12.5 Å². The van der Waals surface area contributed by atoms with Crippen molar-refractivity contribution in [2.75, 3.05) is 0 Å². The maximum absolute atomic E-state index is 12.5. The Morgan fingerprint density at radius 3 is 2.17 bits per heavy atom. The van der Waals surface area contributed by atoms with Crippen LogP contribution in [0, 0.1) is 3.57 Å². The Labute approximate surface area is 109 Å². The van der Waals surface area contributed by atoms with Gasteiger partial charge in [0.25, 0.3) is 0 Å². The van der Waals surface area contributed by atoms with Gasteiger partial charge in [0.15, 0.2) is 6.29 Å². The summed E-state index contributed by atoms with van der Waals surface area (Å²) < 4.78 is 75.8. The van der Waals surface area contributed by atoms with E-state index in [-0.39, 0.29) is 6.29 Å². The Hall–Kier alpha value is -1.07. The van der Waals surface area contributed by atoms with Crippen LogP contribution in [0.3, 0.4) is 0 Å². The van der Waals surface area contributed by atoms with Gasteiger partial charge < -0.3 is 4.74 Å². The van der Waals surface area contributed by atoms with Crippen molar-refractivity contribution in [3.05, 3.63) is 20.9 Å². The van der Waals surface area contributed by atoms with Crippen LogP contribution in [-0.4, -0.2) is 17.6 Å². The highest BCUT2D eigenvalue weighted by molar-refractivity contribution is 14.1. The Balaban J connectivity index is 3.32. The number of carbonyl (C=O) groups is 1. The first-order valence-corrected chi connectivity index (χ1v) is 5.11. The van der Waals surface area contributed by atoms with Crippen molar-refractivity contribution in [1.29, 1.82) is 0 Å². The summed E-state index contributed by atoms with van der Waals surface area (Å²) in [5.41, 5.74) is -2.55. The van der Waals surface area contributed by atoms with E-state index in [1.165, 1.54) is 0 Å². The number of alkyl halides is 6. The minimum atomic E-state index is -5.10. The second-order valence-electron chi connectivity index (χ2n) is 2.87. The summed E-state index contributed by atoms with van der Waals surface area (Å²) in [4.78, 5) is 13.3. The van der Waals surface area contributed by atoms with E-state index in [1.54, 1.807) is 0 Å². The van der Waals surface area contributed by atoms with E-state index in [0.29, 0.717) is 6.07 Å². The second-order valence-corrected chi connectivity index (χ2v) is 4.03. The van der Waals surface area contributed by atoms with E-state index in [2.05, 4.69) is 9.72 Å². The molecule has 0 radical (unpaired) electrons. The van der Waals surface area contributed by atoms with Crippen LogP contribution in [0.25, 0.3) is 0 Å². The van der Waals surface area contributed by atoms with Crippen LogP contribution in [0.2, 0.25) is 0 Å². The number of ether oxygens (including phenoxy) is 1. The lowest BCUT2D eigenvalue weighted by atomic mass is 10.2. The fraction of sp³-hybridized carbons (Fsp3) is 0.250. The number of pyridine rings is 1. The van der Waals surface area contributed by atoms with Crippen LogP contribution >= 0.6 is 22.6 Å². The number of halogens is 7. The highest BCUT2D eigenvalue weighted by Crippen LogP contribution is 2.36. The van der Waals surface area contributed by atoms with E-state index in [0.717, 1.165) is 22.6 Å². The Morgan fingerprint density at radius 1 is 1.22 bits per heavy atom. The maximum atomic E-state index is 12.5. The zero-order chi connectivity index (χ0) is 14.1. The van der Waals surface area contributed by atoms with Crippen LogP contribution in [-0.2, 0) is 6.18 Å². The molecule has 0 atom stereocenters. The lowest BCUT2D eigenvalue weighted by Gasteiger charge is -2.13. The number of aromatic nitrogens is 1. The average molecular weight is 385 g/mol. The van der Waals surface area contributed by atoms with Crippen LogP contribution in [0.15, 0.2) is 6.07 Å². The van der Waals surface area contributed by atoms with E-state index in [9.17, 15) is 31.1 Å². The van der Waals surface area contributed by atoms with Crippen molar-refractivity contribution in [3.8, 4) is 5.88 Å². The minimum absolute atomic E-state index is 0.284. The molecule has 1 rings (SSSR count). The molecule has 0 amide bonds. The number of hydrogen-bond acceptors (Lipinski definition) is 3. The fourth-order valence-electron chi connectivity index (χ4n) is 1.05. The summed E-state index contributed by atoms with van der Waals surface area (Å²) in [6.45, 7) is 0. The van der Waals surface area contributed by atoms with Crippen LogP contribution in [0.1, 0.15) is 16.1 Å². The van der Waals surface area contributed by atoms with Crippen LogP contribution in [0.4, 0.5) is 26.3 Å². The quantitative estimate of drug-likeness (QED) is 0.445. The van der Waals surface area contributed by atoms with Crippen molar-refractivity contribution in [2.45, 2.75) is 12.5 Å². The van der Waals surface area contributed by atoms with Crippen molar-refractivity contribution in [2.24, 2.45) is 0 Å². The molecule has 0 aliphatic heterocycles. The second kappa shape index (κ2) is 4.90. The summed E-state index contributed by atoms with van der Waals surface area (Å²) in [7, 11) is 0. The smallest absolute Gasteiger partial charge is 0.388 e. The monoisotopic (exact) mass is 385 g/mol. The third kappa shape index (κ3) is 3.71. The van der Waals surface area contributed by atoms with Crippen molar-refractivity contribution >= 4 is 28.9 Å².